The fraction of sp³-hybridized carbons (Fsp3) is 0.400. The van der Waals surface area contributed by atoms with Crippen LogP contribution >= 0.6 is 7.82 Å². The number of ether oxygens (including phenoxy) is 3. The van der Waals surface area contributed by atoms with Crippen molar-refractivity contribution in [2.75, 3.05) is 0 Å². The minimum atomic E-state index is -4.04. The van der Waals surface area contributed by atoms with Gasteiger partial charge in [-0.15, -0.1) is 0 Å². The first-order chi connectivity index (χ1) is 13.8. The summed E-state index contributed by atoms with van der Waals surface area (Å²) in [6.07, 6.45) is -3.53. The van der Waals surface area contributed by atoms with Crippen LogP contribution in [-0.2, 0) is 27.8 Å². The third-order valence-electron chi connectivity index (χ3n) is 4.98. The molecule has 5 rings (SSSR count). The number of para-hydroxylation sites is 1. The molecule has 9 heteroatoms. The molecule has 0 saturated carbocycles. The van der Waals surface area contributed by atoms with Gasteiger partial charge in [-0.1, -0.05) is 30.3 Å². The second kappa shape index (κ2) is 6.87. The van der Waals surface area contributed by atoms with E-state index in [2.05, 4.69) is 0 Å². The van der Waals surface area contributed by atoms with Crippen LogP contribution in [0.3, 0.4) is 0 Å². The molecular weight excluding hydrogens is 402 g/mol. The van der Waals surface area contributed by atoms with Crippen LogP contribution in [0.2, 0.25) is 0 Å². The molecule has 0 unspecified atom stereocenters. The predicted molar refractivity (Wildman–Crippen MR) is 98.5 cm³/mol. The van der Waals surface area contributed by atoms with Crippen LogP contribution in [0.4, 0.5) is 4.39 Å². The second-order valence-electron chi connectivity index (χ2n) is 7.57. The number of halogens is 1. The van der Waals surface area contributed by atoms with Gasteiger partial charge in [-0.3, -0.25) is 9.05 Å². The molecule has 0 spiro atoms. The molecule has 0 bridgehead atoms. The largest absolute Gasteiger partial charge is 0.531 e. The van der Waals surface area contributed by atoms with E-state index >= 15 is 0 Å². The van der Waals surface area contributed by atoms with Crippen molar-refractivity contribution in [2.45, 2.75) is 50.3 Å². The number of hydrogen-bond acceptors (Lipinski definition) is 7. The molecule has 154 valence electrons. The van der Waals surface area contributed by atoms with Crippen LogP contribution in [0.1, 0.15) is 25.5 Å². The van der Waals surface area contributed by atoms with Gasteiger partial charge in [0.25, 0.3) is 0 Å². The van der Waals surface area contributed by atoms with Crippen LogP contribution < -0.4 is 4.52 Å². The molecule has 2 aromatic rings. The van der Waals surface area contributed by atoms with Crippen molar-refractivity contribution in [1.29, 1.82) is 0 Å². The van der Waals surface area contributed by atoms with Gasteiger partial charge >= 0.3 is 7.82 Å². The number of benzene rings is 2. The normalized spacial score (nSPS) is 37.7. The summed E-state index contributed by atoms with van der Waals surface area (Å²) >= 11 is 0. The number of rotatable bonds is 3. The molecule has 0 radical (unpaired) electrons. The Kier molecular flexibility index (Phi) is 4.55. The quantitative estimate of drug-likeness (QED) is 0.681. The predicted octanol–water partition coefficient (Wildman–Crippen LogP) is 4.35. The van der Waals surface area contributed by atoms with Crippen LogP contribution in [0.25, 0.3) is 0 Å². The Balaban J connectivity index is 1.49. The summed E-state index contributed by atoms with van der Waals surface area (Å²) in [5.41, 5.74) is 0.584. The topological polar surface area (TPSA) is 72.5 Å². The van der Waals surface area contributed by atoms with Crippen LogP contribution in [0, 0.1) is 5.82 Å². The SMILES string of the molecule is CC1(C)O[C@H]2O[C@H]3[C@H](O[P@@](=O)(Oc4ccccc4)O[C@@H]3c3ccc(F)cc3)[C@H]2O1. The summed E-state index contributed by atoms with van der Waals surface area (Å²) < 4.78 is 61.8. The van der Waals surface area contributed by atoms with Gasteiger partial charge < -0.3 is 18.7 Å². The highest BCUT2D eigenvalue weighted by atomic mass is 31.2. The van der Waals surface area contributed by atoms with E-state index in [1.54, 1.807) is 50.2 Å². The van der Waals surface area contributed by atoms with Crippen molar-refractivity contribution in [3.8, 4) is 5.75 Å². The van der Waals surface area contributed by atoms with Crippen molar-refractivity contribution in [3.05, 3.63) is 66.0 Å². The molecule has 0 aliphatic carbocycles. The lowest BCUT2D eigenvalue weighted by Gasteiger charge is -2.38. The Morgan fingerprint density at radius 2 is 1.66 bits per heavy atom. The van der Waals surface area contributed by atoms with E-state index in [-0.39, 0.29) is 0 Å². The monoisotopic (exact) mass is 422 g/mol. The molecule has 3 saturated heterocycles. The van der Waals surface area contributed by atoms with E-state index in [1.165, 1.54) is 12.1 Å². The summed E-state index contributed by atoms with van der Waals surface area (Å²) in [4.78, 5) is 0. The lowest BCUT2D eigenvalue weighted by Crippen LogP contribution is -2.43. The van der Waals surface area contributed by atoms with Gasteiger partial charge in [-0.25, -0.2) is 8.96 Å². The van der Waals surface area contributed by atoms with Gasteiger partial charge in [0, 0.05) is 0 Å². The Morgan fingerprint density at radius 3 is 2.38 bits per heavy atom. The molecule has 0 amide bonds. The van der Waals surface area contributed by atoms with Crippen molar-refractivity contribution in [3.63, 3.8) is 0 Å². The maximum absolute atomic E-state index is 13.5. The Labute approximate surface area is 167 Å². The van der Waals surface area contributed by atoms with E-state index in [4.69, 9.17) is 27.8 Å². The third kappa shape index (κ3) is 3.61. The summed E-state index contributed by atoms with van der Waals surface area (Å²) in [6, 6.07) is 14.3. The Bertz CT molecular complexity index is 936. The first-order valence-electron chi connectivity index (χ1n) is 9.30. The van der Waals surface area contributed by atoms with Crippen molar-refractivity contribution in [1.82, 2.24) is 0 Å². The van der Waals surface area contributed by atoms with Gasteiger partial charge in [-0.2, -0.15) is 0 Å². The maximum atomic E-state index is 13.5. The van der Waals surface area contributed by atoms with Gasteiger partial charge in [0.1, 0.15) is 36.0 Å². The number of hydrogen-bond donors (Lipinski definition) is 0. The average Bonchev–Trinajstić information content (AvgIpc) is 3.14. The number of fused-ring (bicyclic) bond motifs is 3. The van der Waals surface area contributed by atoms with Gasteiger partial charge in [0.05, 0.1) is 0 Å². The summed E-state index contributed by atoms with van der Waals surface area (Å²) in [5, 5.41) is 0. The smallest absolute Gasteiger partial charge is 0.404 e. The minimum absolute atomic E-state index is 0.339. The van der Waals surface area contributed by atoms with Crippen molar-refractivity contribution in [2.24, 2.45) is 0 Å². The van der Waals surface area contributed by atoms with Gasteiger partial charge in [0.15, 0.2) is 12.1 Å². The first kappa shape index (κ1) is 19.2. The van der Waals surface area contributed by atoms with E-state index in [9.17, 15) is 8.96 Å². The fourth-order valence-electron chi connectivity index (χ4n) is 3.80. The van der Waals surface area contributed by atoms with E-state index in [0.717, 1.165) is 0 Å². The molecule has 6 atom stereocenters. The van der Waals surface area contributed by atoms with Crippen molar-refractivity contribution < 1.29 is 36.7 Å². The van der Waals surface area contributed by atoms with Crippen LogP contribution in [-0.4, -0.2) is 30.4 Å². The molecular formula is C20H20FO7P. The zero-order valence-electron chi connectivity index (χ0n) is 15.8. The minimum Gasteiger partial charge on any atom is -0.404 e. The van der Waals surface area contributed by atoms with Gasteiger partial charge in [-0.05, 0) is 43.7 Å². The summed E-state index contributed by atoms with van der Waals surface area (Å²) in [5.74, 6) is -0.914. The highest BCUT2D eigenvalue weighted by molar-refractivity contribution is 7.49. The number of phosphoric acid groups is 1. The van der Waals surface area contributed by atoms with Crippen LogP contribution in [0.15, 0.2) is 54.6 Å². The van der Waals surface area contributed by atoms with Gasteiger partial charge in [0.2, 0.25) is 0 Å². The van der Waals surface area contributed by atoms with Crippen LogP contribution in [0.5, 0.6) is 5.75 Å². The fourth-order valence-corrected chi connectivity index (χ4v) is 5.37. The standard InChI is InChI=1S/C20H20FO7P/c1-20(2)24-18-17-16(23-19(18)25-20)15(12-8-10-13(21)11-9-12)27-29(22,28-17)26-14-6-4-3-5-7-14/h3-11,15-19H,1-2H3/t15-,16-,17+,18-,19-,29+/m1/s1. The lowest BCUT2D eigenvalue weighted by atomic mass is 9.99. The number of phosphoric ester groups is 1. The molecule has 2 aromatic carbocycles. The Morgan fingerprint density at radius 1 is 0.931 bits per heavy atom. The van der Waals surface area contributed by atoms with E-state index < -0.39 is 50.1 Å². The molecule has 3 aliphatic rings. The highest BCUT2D eigenvalue weighted by Crippen LogP contribution is 2.62. The Hall–Kier alpha value is -1.80. The second-order valence-corrected chi connectivity index (χ2v) is 9.07. The van der Waals surface area contributed by atoms with Crippen molar-refractivity contribution >= 4 is 7.82 Å². The molecule has 3 heterocycles. The zero-order valence-corrected chi connectivity index (χ0v) is 16.7. The molecule has 0 N–H and O–H groups in total. The molecule has 0 aromatic heterocycles. The first-order valence-corrected chi connectivity index (χ1v) is 10.8. The summed E-state index contributed by atoms with van der Waals surface area (Å²) in [6.45, 7) is 3.53. The molecule has 3 fully saturated rings. The molecule has 7 nitrogen and oxygen atoms in total. The summed E-state index contributed by atoms with van der Waals surface area (Å²) in [7, 11) is -4.04. The average molecular weight is 422 g/mol. The molecule has 29 heavy (non-hydrogen) atoms. The molecule has 3 aliphatic heterocycles. The van der Waals surface area contributed by atoms with E-state index in [1.807, 2.05) is 6.07 Å². The van der Waals surface area contributed by atoms with E-state index in [0.29, 0.717) is 11.3 Å². The maximum Gasteiger partial charge on any atom is 0.531 e. The third-order valence-corrected chi connectivity index (χ3v) is 6.40. The zero-order chi connectivity index (χ0) is 20.2. The highest BCUT2D eigenvalue weighted by Gasteiger charge is 2.63. The lowest BCUT2D eigenvalue weighted by molar-refractivity contribution is -0.231.